The minimum atomic E-state index is 0.327. The van der Waals surface area contributed by atoms with Crippen LogP contribution in [-0.4, -0.2) is 42.9 Å². The van der Waals surface area contributed by atoms with E-state index in [1.165, 1.54) is 0 Å². The lowest BCUT2D eigenvalue weighted by Gasteiger charge is -2.23. The molecule has 20 heavy (non-hydrogen) atoms. The van der Waals surface area contributed by atoms with Gasteiger partial charge in [0.25, 0.3) is 0 Å². The van der Waals surface area contributed by atoms with Crippen molar-refractivity contribution in [2.75, 3.05) is 37.8 Å². The van der Waals surface area contributed by atoms with Gasteiger partial charge in [0.2, 0.25) is 0 Å². The molecule has 0 amide bonds. The third kappa shape index (κ3) is 2.46. The van der Waals surface area contributed by atoms with Crippen molar-refractivity contribution in [3.8, 4) is 5.75 Å². The molecule has 3 rings (SSSR count). The highest BCUT2D eigenvalue weighted by Gasteiger charge is 2.29. The predicted octanol–water partition coefficient (Wildman–Crippen LogP) is 2.01. The van der Waals surface area contributed by atoms with E-state index in [-0.39, 0.29) is 0 Å². The van der Waals surface area contributed by atoms with Crippen LogP contribution in [0.5, 0.6) is 5.75 Å². The summed E-state index contributed by atoms with van der Waals surface area (Å²) in [6, 6.07) is 0. The molecule has 1 saturated heterocycles. The number of rotatable bonds is 2. The van der Waals surface area contributed by atoms with Gasteiger partial charge in [-0.1, -0.05) is 20.8 Å². The van der Waals surface area contributed by atoms with Gasteiger partial charge in [0.05, 0.1) is 25.5 Å². The van der Waals surface area contributed by atoms with Crippen molar-refractivity contribution in [1.29, 1.82) is 0 Å². The summed E-state index contributed by atoms with van der Waals surface area (Å²) in [5.74, 6) is 3.51. The van der Waals surface area contributed by atoms with Crippen LogP contribution in [0, 0.1) is 5.92 Å². The zero-order valence-electron chi connectivity index (χ0n) is 12.6. The first-order valence-electron chi connectivity index (χ1n) is 7.55. The van der Waals surface area contributed by atoms with Gasteiger partial charge in [-0.2, -0.15) is 0 Å². The smallest absolute Gasteiger partial charge is 0.183 e. The Morgan fingerprint density at radius 1 is 1.30 bits per heavy atom. The van der Waals surface area contributed by atoms with Crippen LogP contribution in [0.4, 0.5) is 5.82 Å². The fourth-order valence-electron chi connectivity index (χ4n) is 2.74. The van der Waals surface area contributed by atoms with Gasteiger partial charge >= 0.3 is 0 Å². The van der Waals surface area contributed by atoms with E-state index in [0.29, 0.717) is 18.4 Å². The summed E-state index contributed by atoms with van der Waals surface area (Å²) in [5, 5.41) is 0. The molecule has 0 N–H and O–H groups in total. The Labute approximate surface area is 120 Å². The van der Waals surface area contributed by atoms with Gasteiger partial charge in [-0.15, -0.1) is 0 Å². The lowest BCUT2D eigenvalue weighted by Crippen LogP contribution is -2.30. The molecule has 2 bridgehead atoms. The van der Waals surface area contributed by atoms with Crippen LogP contribution < -0.4 is 9.64 Å². The van der Waals surface area contributed by atoms with Gasteiger partial charge in [0.1, 0.15) is 5.82 Å². The standard InChI is InChI=1S/C15H23N3O2/c1-4-12-13-15(17-14(16-12)10(2)3)18-5-6-19-8-11(7-18)9-20-13/h10-11H,4-9H2,1-3H3. The zero-order valence-corrected chi connectivity index (χ0v) is 12.6. The number of anilines is 1. The summed E-state index contributed by atoms with van der Waals surface area (Å²) in [4.78, 5) is 11.8. The summed E-state index contributed by atoms with van der Waals surface area (Å²) in [6.45, 7) is 10.5. The van der Waals surface area contributed by atoms with Crippen LogP contribution in [0.3, 0.4) is 0 Å². The SMILES string of the molecule is CCc1nc(C(C)C)nc2c1OCC1COCCN2C1. The van der Waals surface area contributed by atoms with E-state index in [9.17, 15) is 0 Å². The molecule has 5 nitrogen and oxygen atoms in total. The first kappa shape index (κ1) is 13.6. The Morgan fingerprint density at radius 3 is 2.90 bits per heavy atom. The second kappa shape index (κ2) is 5.56. The summed E-state index contributed by atoms with van der Waals surface area (Å²) in [6.07, 6.45) is 0.875. The first-order chi connectivity index (χ1) is 9.69. The third-order valence-corrected chi connectivity index (χ3v) is 3.89. The molecule has 0 spiro atoms. The predicted molar refractivity (Wildman–Crippen MR) is 77.5 cm³/mol. The Kier molecular flexibility index (Phi) is 3.78. The molecule has 0 radical (unpaired) electrons. The molecule has 2 aliphatic heterocycles. The second-order valence-electron chi connectivity index (χ2n) is 5.89. The quantitative estimate of drug-likeness (QED) is 0.827. The maximum atomic E-state index is 6.03. The van der Waals surface area contributed by atoms with Crippen LogP contribution in [0.25, 0.3) is 0 Å². The Morgan fingerprint density at radius 2 is 2.15 bits per heavy atom. The summed E-state index contributed by atoms with van der Waals surface area (Å²) >= 11 is 0. The first-order valence-corrected chi connectivity index (χ1v) is 7.55. The van der Waals surface area contributed by atoms with Gasteiger partial charge in [-0.3, -0.25) is 0 Å². The van der Waals surface area contributed by atoms with Crippen molar-refractivity contribution in [3.63, 3.8) is 0 Å². The topological polar surface area (TPSA) is 47.5 Å². The van der Waals surface area contributed by atoms with Crippen molar-refractivity contribution in [2.24, 2.45) is 5.92 Å². The fraction of sp³-hybridized carbons (Fsp3) is 0.733. The number of aromatic nitrogens is 2. The van der Waals surface area contributed by atoms with E-state index in [2.05, 4.69) is 30.7 Å². The number of hydrogen-bond donors (Lipinski definition) is 0. The van der Waals surface area contributed by atoms with Crippen molar-refractivity contribution < 1.29 is 9.47 Å². The number of hydrogen-bond acceptors (Lipinski definition) is 5. The van der Waals surface area contributed by atoms with E-state index in [1.807, 2.05) is 0 Å². The molecule has 110 valence electrons. The molecule has 5 heteroatoms. The van der Waals surface area contributed by atoms with Crippen LogP contribution in [0.2, 0.25) is 0 Å². The van der Waals surface area contributed by atoms with E-state index in [4.69, 9.17) is 14.5 Å². The average Bonchev–Trinajstić information content (AvgIpc) is 2.79. The van der Waals surface area contributed by atoms with Gasteiger partial charge < -0.3 is 14.4 Å². The molecule has 1 fully saturated rings. The van der Waals surface area contributed by atoms with E-state index >= 15 is 0 Å². The maximum Gasteiger partial charge on any atom is 0.183 e. The monoisotopic (exact) mass is 277 g/mol. The molecule has 1 atom stereocenters. The summed E-state index contributed by atoms with van der Waals surface area (Å²) < 4.78 is 11.7. The molecular weight excluding hydrogens is 254 g/mol. The van der Waals surface area contributed by atoms with Crippen molar-refractivity contribution >= 4 is 5.82 Å². The lowest BCUT2D eigenvalue weighted by molar-refractivity contribution is 0.101. The molecule has 1 unspecified atom stereocenters. The van der Waals surface area contributed by atoms with Crippen molar-refractivity contribution in [3.05, 3.63) is 11.5 Å². The third-order valence-electron chi connectivity index (χ3n) is 3.89. The molecule has 3 heterocycles. The Bertz CT molecular complexity index is 490. The van der Waals surface area contributed by atoms with Gasteiger partial charge in [-0.25, -0.2) is 9.97 Å². The summed E-state index contributed by atoms with van der Waals surface area (Å²) in [5.41, 5.74) is 1.03. The molecular formula is C15H23N3O2. The van der Waals surface area contributed by atoms with Gasteiger partial charge in [-0.05, 0) is 6.42 Å². The number of nitrogens with zero attached hydrogens (tertiary/aromatic N) is 3. The molecule has 0 aromatic carbocycles. The number of ether oxygens (including phenoxy) is 2. The van der Waals surface area contributed by atoms with E-state index < -0.39 is 0 Å². The number of aryl methyl sites for hydroxylation is 1. The summed E-state index contributed by atoms with van der Waals surface area (Å²) in [7, 11) is 0. The number of fused-ring (bicyclic) bond motifs is 4. The van der Waals surface area contributed by atoms with Crippen LogP contribution in [0.15, 0.2) is 0 Å². The highest BCUT2D eigenvalue weighted by Crippen LogP contribution is 2.35. The second-order valence-corrected chi connectivity index (χ2v) is 5.89. The molecule has 0 saturated carbocycles. The lowest BCUT2D eigenvalue weighted by atomic mass is 10.1. The molecule has 1 aromatic heterocycles. The van der Waals surface area contributed by atoms with E-state index in [0.717, 1.165) is 55.8 Å². The maximum absolute atomic E-state index is 6.03. The van der Waals surface area contributed by atoms with Crippen LogP contribution in [-0.2, 0) is 11.2 Å². The Balaban J connectivity index is 2.07. The van der Waals surface area contributed by atoms with Crippen molar-refractivity contribution in [1.82, 2.24) is 9.97 Å². The van der Waals surface area contributed by atoms with Gasteiger partial charge in [0.15, 0.2) is 11.6 Å². The molecule has 1 aromatic rings. The largest absolute Gasteiger partial charge is 0.487 e. The Hall–Kier alpha value is -1.36. The van der Waals surface area contributed by atoms with Crippen LogP contribution in [0.1, 0.15) is 38.2 Å². The highest BCUT2D eigenvalue weighted by molar-refractivity contribution is 5.56. The highest BCUT2D eigenvalue weighted by atomic mass is 16.5. The minimum absolute atomic E-state index is 0.327. The van der Waals surface area contributed by atoms with Gasteiger partial charge in [0, 0.05) is 24.9 Å². The van der Waals surface area contributed by atoms with Crippen LogP contribution >= 0.6 is 0 Å². The normalized spacial score (nSPS) is 22.0. The minimum Gasteiger partial charge on any atom is -0.487 e. The van der Waals surface area contributed by atoms with E-state index in [1.54, 1.807) is 0 Å². The molecule has 2 aliphatic rings. The van der Waals surface area contributed by atoms with Crippen molar-refractivity contribution in [2.45, 2.75) is 33.1 Å². The average molecular weight is 277 g/mol. The molecule has 0 aliphatic carbocycles. The zero-order chi connectivity index (χ0) is 14.1. The fourth-order valence-corrected chi connectivity index (χ4v) is 2.74.